The number of alkyl halides is 2. The summed E-state index contributed by atoms with van der Waals surface area (Å²) in [5.41, 5.74) is 1.13. The quantitative estimate of drug-likeness (QED) is 0.249. The summed E-state index contributed by atoms with van der Waals surface area (Å²) in [4.78, 5) is 34.4. The maximum Gasteiger partial charge on any atom is 0.387 e. The molecule has 5 rings (SSSR count). The van der Waals surface area contributed by atoms with Crippen molar-refractivity contribution in [1.82, 2.24) is 34.2 Å². The summed E-state index contributed by atoms with van der Waals surface area (Å²) in [6.07, 6.45) is 7.00. The topological polar surface area (TPSA) is 119 Å². The monoisotopic (exact) mass is 630 g/mol. The second-order valence-corrected chi connectivity index (χ2v) is 11.4. The van der Waals surface area contributed by atoms with Gasteiger partial charge in [-0.2, -0.15) is 19.0 Å². The van der Waals surface area contributed by atoms with Gasteiger partial charge in [0.25, 0.3) is 0 Å². The van der Waals surface area contributed by atoms with Crippen molar-refractivity contribution in [2.75, 3.05) is 32.6 Å². The lowest BCUT2D eigenvalue weighted by molar-refractivity contribution is -0.164. The summed E-state index contributed by atoms with van der Waals surface area (Å²) in [6.45, 7) is 1.01. The van der Waals surface area contributed by atoms with Crippen LogP contribution in [0.1, 0.15) is 26.7 Å². The van der Waals surface area contributed by atoms with E-state index in [1.165, 1.54) is 22.9 Å². The van der Waals surface area contributed by atoms with Gasteiger partial charge in [-0.05, 0) is 65.0 Å². The fourth-order valence-corrected chi connectivity index (χ4v) is 5.52. The third-order valence-corrected chi connectivity index (χ3v) is 7.84. The lowest BCUT2D eigenvalue weighted by atomic mass is 9.78. The van der Waals surface area contributed by atoms with Gasteiger partial charge in [0.1, 0.15) is 23.7 Å². The summed E-state index contributed by atoms with van der Waals surface area (Å²) >= 11 is 6.26. The van der Waals surface area contributed by atoms with Crippen LogP contribution in [-0.2, 0) is 20.9 Å². The Morgan fingerprint density at radius 1 is 1.27 bits per heavy atom. The second kappa shape index (κ2) is 12.7. The molecule has 1 aliphatic rings. The maximum atomic E-state index is 13.7. The number of carbonyl (C=O) groups excluding carboxylic acids is 2. The van der Waals surface area contributed by atoms with Crippen molar-refractivity contribution in [1.29, 1.82) is 0 Å². The lowest BCUT2D eigenvalue weighted by Gasteiger charge is -2.46. The van der Waals surface area contributed by atoms with Crippen molar-refractivity contribution >= 4 is 40.5 Å². The Labute approximate surface area is 257 Å². The molecule has 0 spiro atoms. The molecule has 2 unspecified atom stereocenters. The average Bonchev–Trinajstić information content (AvgIpc) is 3.57. The minimum Gasteiger partial charge on any atom is -0.466 e. The van der Waals surface area contributed by atoms with Crippen molar-refractivity contribution in [3.05, 3.63) is 54.1 Å². The number of aromatic nitrogens is 5. The first-order valence-electron chi connectivity index (χ1n) is 14.0. The molecule has 1 fully saturated rings. The zero-order valence-corrected chi connectivity index (χ0v) is 25.5. The molecule has 2 atom stereocenters. The molecule has 0 radical (unpaired) electrons. The number of amides is 1. The zero-order valence-electron chi connectivity index (χ0n) is 24.7. The van der Waals surface area contributed by atoms with Crippen molar-refractivity contribution in [3.8, 4) is 17.0 Å². The summed E-state index contributed by atoms with van der Waals surface area (Å²) in [7, 11) is 3.70. The van der Waals surface area contributed by atoms with Gasteiger partial charge in [-0.1, -0.05) is 11.6 Å². The van der Waals surface area contributed by atoms with Gasteiger partial charge in [-0.25, -0.2) is 9.50 Å². The Morgan fingerprint density at radius 3 is 2.80 bits per heavy atom. The first-order chi connectivity index (χ1) is 21.0. The van der Waals surface area contributed by atoms with E-state index < -0.39 is 12.0 Å². The molecule has 3 aromatic heterocycles. The Morgan fingerprint density at radius 2 is 2.07 bits per heavy atom. The molecule has 1 saturated heterocycles. The number of rotatable bonds is 10. The number of anilines is 2. The predicted octanol–water partition coefficient (Wildman–Crippen LogP) is 4.67. The molecule has 0 bridgehead atoms. The summed E-state index contributed by atoms with van der Waals surface area (Å²) in [6, 6.07) is 5.98. The highest BCUT2D eigenvalue weighted by molar-refractivity contribution is 6.31. The fraction of sp³-hybridized carbons (Fsp3) is 0.414. The third-order valence-electron chi connectivity index (χ3n) is 7.60. The molecule has 0 aliphatic carbocycles. The van der Waals surface area contributed by atoms with E-state index in [9.17, 15) is 18.4 Å². The van der Waals surface area contributed by atoms with Gasteiger partial charge in [0.2, 0.25) is 5.91 Å². The van der Waals surface area contributed by atoms with Crippen LogP contribution in [0.4, 0.5) is 20.2 Å². The predicted molar refractivity (Wildman–Crippen MR) is 159 cm³/mol. The Kier molecular flexibility index (Phi) is 9.02. The highest BCUT2D eigenvalue weighted by Crippen LogP contribution is 2.39. The molecule has 1 N–H and O–H groups in total. The maximum absolute atomic E-state index is 13.7. The number of benzene rings is 1. The van der Waals surface area contributed by atoms with Crippen LogP contribution in [0.5, 0.6) is 5.75 Å². The Bertz CT molecular complexity index is 1660. The average molecular weight is 631 g/mol. The number of hydrogen-bond acceptors (Lipinski definition) is 9. The molecule has 4 heterocycles. The molecular formula is C29H33ClF2N8O4. The van der Waals surface area contributed by atoms with Crippen LogP contribution in [0, 0.1) is 5.41 Å². The Balaban J connectivity index is 1.48. The molecule has 1 amide bonds. The normalized spacial score (nSPS) is 18.7. The molecular weight excluding hydrogens is 598 g/mol. The van der Waals surface area contributed by atoms with Crippen molar-refractivity contribution in [2.24, 2.45) is 5.41 Å². The highest BCUT2D eigenvalue weighted by atomic mass is 35.5. The summed E-state index contributed by atoms with van der Waals surface area (Å²) in [5.74, 6) is -0.649. The van der Waals surface area contributed by atoms with Gasteiger partial charge in [-0.3, -0.25) is 19.2 Å². The van der Waals surface area contributed by atoms with Crippen LogP contribution in [0.3, 0.4) is 0 Å². The van der Waals surface area contributed by atoms with E-state index >= 15 is 0 Å². The van der Waals surface area contributed by atoms with Crippen LogP contribution in [0.2, 0.25) is 5.02 Å². The Hall–Kier alpha value is -4.30. The number of nitrogens with zero attached hydrogens (tertiary/aromatic N) is 7. The van der Waals surface area contributed by atoms with E-state index in [0.29, 0.717) is 36.4 Å². The van der Waals surface area contributed by atoms with Gasteiger partial charge < -0.3 is 19.7 Å². The molecule has 44 heavy (non-hydrogen) atoms. The lowest BCUT2D eigenvalue weighted by Crippen LogP contribution is -2.57. The molecule has 12 nitrogen and oxygen atoms in total. The number of hydrogen-bond donors (Lipinski definition) is 1. The van der Waals surface area contributed by atoms with Crippen LogP contribution in [0.15, 0.2) is 49.1 Å². The largest absolute Gasteiger partial charge is 0.466 e. The van der Waals surface area contributed by atoms with E-state index in [1.54, 1.807) is 47.2 Å². The van der Waals surface area contributed by atoms with Crippen LogP contribution >= 0.6 is 11.6 Å². The van der Waals surface area contributed by atoms with Gasteiger partial charge in [-0.15, -0.1) is 0 Å². The van der Waals surface area contributed by atoms with E-state index in [0.717, 1.165) is 0 Å². The molecule has 1 aromatic carbocycles. The van der Waals surface area contributed by atoms with E-state index in [2.05, 4.69) is 20.5 Å². The van der Waals surface area contributed by atoms with Crippen molar-refractivity contribution in [3.63, 3.8) is 0 Å². The van der Waals surface area contributed by atoms with Crippen molar-refractivity contribution < 1.29 is 27.8 Å². The van der Waals surface area contributed by atoms with Gasteiger partial charge in [0.05, 0.1) is 30.1 Å². The fourth-order valence-electron chi connectivity index (χ4n) is 5.34. The molecule has 234 valence electrons. The molecule has 15 heteroatoms. The number of carbonyl (C=O) groups is 2. The molecule has 0 saturated carbocycles. The van der Waals surface area contributed by atoms with Crippen molar-refractivity contribution in [2.45, 2.75) is 46.0 Å². The van der Waals surface area contributed by atoms with E-state index in [1.807, 2.05) is 25.9 Å². The van der Waals surface area contributed by atoms with E-state index in [4.69, 9.17) is 21.1 Å². The van der Waals surface area contributed by atoms with Crippen LogP contribution in [-0.4, -0.2) is 86.1 Å². The minimum absolute atomic E-state index is 0.135. The zero-order chi connectivity index (χ0) is 31.6. The summed E-state index contributed by atoms with van der Waals surface area (Å²) < 4.78 is 39.8. The molecule has 4 aromatic rings. The third kappa shape index (κ3) is 6.45. The smallest absolute Gasteiger partial charge is 0.387 e. The van der Waals surface area contributed by atoms with Crippen LogP contribution in [0.25, 0.3) is 16.9 Å². The first-order valence-corrected chi connectivity index (χ1v) is 14.4. The molecule has 1 aliphatic heterocycles. The number of fused-ring (bicyclic) bond motifs is 1. The summed E-state index contributed by atoms with van der Waals surface area (Å²) in [5, 5.41) is 12.4. The van der Waals surface area contributed by atoms with Gasteiger partial charge >= 0.3 is 12.6 Å². The van der Waals surface area contributed by atoms with Gasteiger partial charge in [0, 0.05) is 35.7 Å². The van der Waals surface area contributed by atoms with E-state index in [-0.39, 0.29) is 53.2 Å². The van der Waals surface area contributed by atoms with Gasteiger partial charge in [0.15, 0.2) is 5.65 Å². The van der Waals surface area contributed by atoms with Crippen LogP contribution < -0.4 is 10.1 Å². The number of esters is 1. The highest BCUT2D eigenvalue weighted by Gasteiger charge is 2.45. The number of halogens is 3. The standard InChI is InChI=1S/C29H33ClF2N8O4/c1-5-43-27(42)29(2)9-12-39(23(14-29)37(3)4)24(41)17-38-16-21(35-20-15-34-40-11-6-10-33-26(20)40)25(36-38)19-13-18(30)7-8-22(19)44-28(31)32/h6-8,10-11,13,15-16,23,28,35H,5,9,12,14,17H2,1-4H3. The first kappa shape index (κ1) is 31.1. The minimum atomic E-state index is -3.08. The number of nitrogens with one attached hydrogen (secondary N) is 1. The second-order valence-electron chi connectivity index (χ2n) is 10.9. The number of piperidine rings is 1. The SMILES string of the molecule is CCOC(=O)C1(C)CCN(C(=O)Cn2cc(Nc3cnn4cccnc34)c(-c3cc(Cl)ccc3OC(F)F)n2)C(N(C)C)C1. The number of ether oxygens (including phenoxy) is 2. The number of likely N-dealkylation sites (tertiary alicyclic amines) is 1.